The van der Waals surface area contributed by atoms with Gasteiger partial charge in [-0.25, -0.2) is 0 Å². The Balaban J connectivity index is 1.10. The van der Waals surface area contributed by atoms with Crippen molar-refractivity contribution in [2.24, 2.45) is 0 Å². The van der Waals surface area contributed by atoms with E-state index in [0.29, 0.717) is 37.9 Å². The lowest BCUT2D eigenvalue weighted by atomic mass is 10.2. The molecule has 0 saturated carbocycles. The van der Waals surface area contributed by atoms with Crippen LogP contribution in [0.1, 0.15) is 30.7 Å². The van der Waals surface area contributed by atoms with Gasteiger partial charge in [0.2, 0.25) is 11.8 Å². The van der Waals surface area contributed by atoms with Crippen molar-refractivity contribution >= 4 is 17.5 Å². The van der Waals surface area contributed by atoms with Gasteiger partial charge in [-0.1, -0.05) is 41.6 Å². The Morgan fingerprint density at radius 2 is 1.65 bits per heavy atom. The monoisotopic (exact) mass is 459 g/mol. The van der Waals surface area contributed by atoms with Gasteiger partial charge in [-0.05, 0) is 36.6 Å². The van der Waals surface area contributed by atoms with E-state index < -0.39 is 0 Å². The topological polar surface area (TPSA) is 82.8 Å². The summed E-state index contributed by atoms with van der Waals surface area (Å²) >= 11 is 0. The fraction of sp³-hybridized carbons (Fsp3) is 0.385. The van der Waals surface area contributed by atoms with Crippen LogP contribution in [0.5, 0.6) is 0 Å². The molecule has 2 aromatic carbocycles. The molecule has 5 rings (SSSR count). The third-order valence-corrected chi connectivity index (χ3v) is 6.54. The number of amides is 2. The molecule has 8 nitrogen and oxygen atoms in total. The van der Waals surface area contributed by atoms with Gasteiger partial charge >= 0.3 is 0 Å². The number of hydrogen-bond acceptors (Lipinski definition) is 6. The first-order valence-electron chi connectivity index (χ1n) is 11.9. The van der Waals surface area contributed by atoms with E-state index in [1.807, 2.05) is 58.3 Å². The summed E-state index contributed by atoms with van der Waals surface area (Å²) in [5.74, 6) is 1.25. The van der Waals surface area contributed by atoms with Gasteiger partial charge in [0, 0.05) is 56.8 Å². The van der Waals surface area contributed by atoms with Crippen molar-refractivity contribution < 1.29 is 14.1 Å². The van der Waals surface area contributed by atoms with Crippen molar-refractivity contribution in [2.45, 2.75) is 32.2 Å². The molecule has 8 heteroatoms. The normalized spacial score (nSPS) is 16.4. The summed E-state index contributed by atoms with van der Waals surface area (Å²) in [5.41, 5.74) is 3.09. The lowest BCUT2D eigenvalue weighted by Gasteiger charge is -2.22. The van der Waals surface area contributed by atoms with E-state index in [1.54, 1.807) is 0 Å². The molecule has 0 spiro atoms. The molecule has 2 amide bonds. The SMILES string of the molecule is O=C(CCC(=O)N1CCc2ccccc21)N1CCCN(Cc2noc(-c3ccccc3)n2)CC1. The molecule has 2 aliphatic rings. The number of nitrogens with zero attached hydrogens (tertiary/aromatic N) is 5. The Kier molecular flexibility index (Phi) is 6.67. The van der Waals surface area contributed by atoms with Crippen LogP contribution in [0.25, 0.3) is 11.5 Å². The van der Waals surface area contributed by atoms with Crippen molar-refractivity contribution in [1.29, 1.82) is 0 Å². The summed E-state index contributed by atoms with van der Waals surface area (Å²) < 4.78 is 5.41. The van der Waals surface area contributed by atoms with Crippen LogP contribution in [0.15, 0.2) is 59.1 Å². The van der Waals surface area contributed by atoms with Gasteiger partial charge in [0.15, 0.2) is 5.82 Å². The van der Waals surface area contributed by atoms with Gasteiger partial charge < -0.3 is 14.3 Å². The molecule has 1 fully saturated rings. The number of para-hydroxylation sites is 1. The molecule has 1 saturated heterocycles. The zero-order valence-corrected chi connectivity index (χ0v) is 19.2. The molecule has 0 aliphatic carbocycles. The number of carbonyl (C=O) groups excluding carboxylic acids is 2. The Labute approximate surface area is 199 Å². The van der Waals surface area contributed by atoms with Gasteiger partial charge in [0.1, 0.15) is 0 Å². The molecule has 3 aromatic rings. The first-order valence-corrected chi connectivity index (χ1v) is 11.9. The van der Waals surface area contributed by atoms with Crippen LogP contribution in [-0.4, -0.2) is 64.5 Å². The predicted octanol–water partition coefficient (Wildman–Crippen LogP) is 3.14. The van der Waals surface area contributed by atoms with E-state index in [1.165, 1.54) is 5.56 Å². The van der Waals surface area contributed by atoms with Crippen LogP contribution in [-0.2, 0) is 22.6 Å². The second-order valence-electron chi connectivity index (χ2n) is 8.82. The molecule has 176 valence electrons. The maximum Gasteiger partial charge on any atom is 0.257 e. The molecule has 0 unspecified atom stereocenters. The molecule has 1 aromatic heterocycles. The van der Waals surface area contributed by atoms with Crippen molar-refractivity contribution in [2.75, 3.05) is 37.6 Å². The summed E-state index contributed by atoms with van der Waals surface area (Å²) in [5, 5.41) is 4.12. The lowest BCUT2D eigenvalue weighted by molar-refractivity contribution is -0.133. The number of benzene rings is 2. The average Bonchev–Trinajstić information content (AvgIpc) is 3.45. The summed E-state index contributed by atoms with van der Waals surface area (Å²) in [7, 11) is 0. The van der Waals surface area contributed by atoms with E-state index >= 15 is 0 Å². The molecular weight excluding hydrogens is 430 g/mol. The number of rotatable bonds is 6. The minimum atomic E-state index is 0.0288. The maximum absolute atomic E-state index is 12.8. The van der Waals surface area contributed by atoms with Crippen LogP contribution >= 0.6 is 0 Å². The van der Waals surface area contributed by atoms with E-state index in [4.69, 9.17) is 4.52 Å². The second kappa shape index (κ2) is 10.2. The Morgan fingerprint density at radius 1 is 0.853 bits per heavy atom. The maximum atomic E-state index is 12.8. The minimum absolute atomic E-state index is 0.0288. The van der Waals surface area contributed by atoms with Gasteiger partial charge in [-0.3, -0.25) is 14.5 Å². The molecule has 0 atom stereocenters. The first kappa shape index (κ1) is 22.3. The number of anilines is 1. The van der Waals surface area contributed by atoms with E-state index in [-0.39, 0.29) is 24.7 Å². The van der Waals surface area contributed by atoms with E-state index in [0.717, 1.165) is 37.2 Å². The van der Waals surface area contributed by atoms with Crippen LogP contribution < -0.4 is 4.90 Å². The fourth-order valence-electron chi connectivity index (χ4n) is 4.70. The Morgan fingerprint density at radius 3 is 2.53 bits per heavy atom. The van der Waals surface area contributed by atoms with Crippen LogP contribution in [0.3, 0.4) is 0 Å². The third kappa shape index (κ3) is 5.02. The van der Waals surface area contributed by atoms with Crippen LogP contribution in [0, 0.1) is 0 Å². The lowest BCUT2D eigenvalue weighted by Crippen LogP contribution is -2.36. The third-order valence-electron chi connectivity index (χ3n) is 6.54. The zero-order chi connectivity index (χ0) is 23.3. The van der Waals surface area contributed by atoms with Gasteiger partial charge in [0.25, 0.3) is 5.89 Å². The highest BCUT2D eigenvalue weighted by Crippen LogP contribution is 2.28. The zero-order valence-electron chi connectivity index (χ0n) is 19.2. The van der Waals surface area contributed by atoms with Crippen LogP contribution in [0.4, 0.5) is 5.69 Å². The van der Waals surface area contributed by atoms with Gasteiger partial charge in [-0.15, -0.1) is 0 Å². The van der Waals surface area contributed by atoms with E-state index in [2.05, 4.69) is 21.1 Å². The van der Waals surface area contributed by atoms with Crippen LogP contribution in [0.2, 0.25) is 0 Å². The number of fused-ring (bicyclic) bond motifs is 1. The summed E-state index contributed by atoms with van der Waals surface area (Å²) in [4.78, 5) is 36.1. The van der Waals surface area contributed by atoms with Crippen molar-refractivity contribution in [1.82, 2.24) is 19.9 Å². The predicted molar refractivity (Wildman–Crippen MR) is 128 cm³/mol. The smallest absolute Gasteiger partial charge is 0.257 e. The number of carbonyl (C=O) groups is 2. The summed E-state index contributed by atoms with van der Waals surface area (Å²) in [6, 6.07) is 17.7. The highest BCUT2D eigenvalue weighted by atomic mass is 16.5. The highest BCUT2D eigenvalue weighted by molar-refractivity contribution is 5.97. The molecule has 0 bridgehead atoms. The summed E-state index contributed by atoms with van der Waals surface area (Å²) in [6.07, 6.45) is 2.26. The van der Waals surface area contributed by atoms with Crippen molar-refractivity contribution in [3.05, 3.63) is 66.0 Å². The molecular formula is C26H29N5O3. The van der Waals surface area contributed by atoms with Gasteiger partial charge in [-0.2, -0.15) is 4.98 Å². The largest absolute Gasteiger partial charge is 0.341 e. The standard InChI is InChI=1S/C26H29N5O3/c32-24(11-12-25(33)31-16-13-20-7-4-5-10-22(20)31)30-15-6-14-29(17-18-30)19-23-27-26(34-28-23)21-8-2-1-3-9-21/h1-5,7-10H,6,11-19H2. The Bertz CT molecular complexity index is 1150. The van der Waals surface area contributed by atoms with E-state index in [9.17, 15) is 9.59 Å². The highest BCUT2D eigenvalue weighted by Gasteiger charge is 2.26. The number of aromatic nitrogens is 2. The quantitative estimate of drug-likeness (QED) is 0.563. The molecule has 34 heavy (non-hydrogen) atoms. The Hall–Kier alpha value is -3.52. The molecule has 0 radical (unpaired) electrons. The average molecular weight is 460 g/mol. The molecule has 3 heterocycles. The van der Waals surface area contributed by atoms with Crippen molar-refractivity contribution in [3.8, 4) is 11.5 Å². The van der Waals surface area contributed by atoms with Crippen molar-refractivity contribution in [3.63, 3.8) is 0 Å². The second-order valence-corrected chi connectivity index (χ2v) is 8.82. The minimum Gasteiger partial charge on any atom is -0.341 e. The first-order chi connectivity index (χ1) is 16.7. The molecule has 0 N–H and O–H groups in total. The van der Waals surface area contributed by atoms with Gasteiger partial charge in [0.05, 0.1) is 6.54 Å². The fourth-order valence-corrected chi connectivity index (χ4v) is 4.70. The number of hydrogen-bond donors (Lipinski definition) is 0. The summed E-state index contributed by atoms with van der Waals surface area (Å²) in [6.45, 7) is 4.25. The molecule has 2 aliphatic heterocycles.